The van der Waals surface area contributed by atoms with Gasteiger partial charge in [-0.1, -0.05) is 6.92 Å². The number of aliphatic imine (C=N–C) groups is 1. The molecule has 1 atom stereocenters. The number of hydrazine groups is 1. The second-order valence-corrected chi connectivity index (χ2v) is 4.08. The van der Waals surface area contributed by atoms with Gasteiger partial charge in [-0.05, 0) is 35.7 Å². The lowest BCUT2D eigenvalue weighted by atomic mass is 10.2. The SMILES string of the molecule is CCCN=C(NN)NC(C)c1ccsc1. The highest BCUT2D eigenvalue weighted by Crippen LogP contribution is 2.14. The molecule has 0 aromatic carbocycles. The Labute approximate surface area is 94.6 Å². The number of hydrogen-bond acceptors (Lipinski definition) is 3. The van der Waals surface area contributed by atoms with Crippen molar-refractivity contribution in [1.82, 2.24) is 10.7 Å². The van der Waals surface area contributed by atoms with E-state index in [1.165, 1.54) is 5.56 Å². The normalized spacial score (nSPS) is 13.7. The van der Waals surface area contributed by atoms with Crippen LogP contribution in [0.1, 0.15) is 31.9 Å². The Bertz CT molecular complexity index is 294. The first kappa shape index (κ1) is 12.0. The number of rotatable bonds is 4. The van der Waals surface area contributed by atoms with Crippen LogP contribution in [0.3, 0.4) is 0 Å². The fraction of sp³-hybridized carbons (Fsp3) is 0.500. The lowest BCUT2D eigenvalue weighted by Gasteiger charge is -2.15. The molecule has 0 aliphatic rings. The van der Waals surface area contributed by atoms with Crippen LogP contribution >= 0.6 is 11.3 Å². The Balaban J connectivity index is 2.52. The van der Waals surface area contributed by atoms with Gasteiger partial charge in [-0.15, -0.1) is 0 Å². The molecule has 0 spiro atoms. The van der Waals surface area contributed by atoms with Gasteiger partial charge in [0.1, 0.15) is 0 Å². The molecule has 1 aromatic rings. The molecule has 0 saturated heterocycles. The fourth-order valence-corrected chi connectivity index (χ4v) is 1.92. The summed E-state index contributed by atoms with van der Waals surface area (Å²) in [5.41, 5.74) is 3.82. The molecule has 0 aliphatic heterocycles. The van der Waals surface area contributed by atoms with E-state index in [0.29, 0.717) is 5.96 Å². The van der Waals surface area contributed by atoms with E-state index in [-0.39, 0.29) is 6.04 Å². The highest BCUT2D eigenvalue weighted by atomic mass is 32.1. The first-order valence-electron chi connectivity index (χ1n) is 5.07. The molecule has 0 aliphatic carbocycles. The minimum atomic E-state index is 0.225. The van der Waals surface area contributed by atoms with Crippen molar-refractivity contribution >= 4 is 17.3 Å². The first-order valence-corrected chi connectivity index (χ1v) is 6.02. The molecule has 0 amide bonds. The second-order valence-electron chi connectivity index (χ2n) is 3.30. The van der Waals surface area contributed by atoms with Crippen LogP contribution < -0.4 is 16.6 Å². The van der Waals surface area contributed by atoms with Gasteiger partial charge in [-0.2, -0.15) is 11.3 Å². The molecule has 5 heteroatoms. The third kappa shape index (κ3) is 3.89. The van der Waals surface area contributed by atoms with E-state index in [9.17, 15) is 0 Å². The number of nitrogens with two attached hydrogens (primary N) is 1. The third-order valence-corrected chi connectivity index (χ3v) is 2.73. The Morgan fingerprint density at radius 3 is 3.00 bits per heavy atom. The quantitative estimate of drug-likeness (QED) is 0.316. The van der Waals surface area contributed by atoms with E-state index in [2.05, 4.69) is 46.4 Å². The maximum absolute atomic E-state index is 5.37. The van der Waals surface area contributed by atoms with Gasteiger partial charge < -0.3 is 5.32 Å². The molecular weight excluding hydrogens is 208 g/mol. The first-order chi connectivity index (χ1) is 7.27. The zero-order chi connectivity index (χ0) is 11.1. The van der Waals surface area contributed by atoms with E-state index in [1.807, 2.05) is 0 Å². The molecule has 4 N–H and O–H groups in total. The van der Waals surface area contributed by atoms with E-state index >= 15 is 0 Å². The molecule has 4 nitrogen and oxygen atoms in total. The van der Waals surface area contributed by atoms with Crippen molar-refractivity contribution in [3.05, 3.63) is 22.4 Å². The van der Waals surface area contributed by atoms with Crippen molar-refractivity contribution in [2.24, 2.45) is 10.8 Å². The summed E-state index contributed by atoms with van der Waals surface area (Å²) in [7, 11) is 0. The summed E-state index contributed by atoms with van der Waals surface area (Å²) in [6, 6.07) is 2.32. The standard InChI is InChI=1S/C10H18N4S/c1-3-5-12-10(14-11)13-8(2)9-4-6-15-7-9/h4,6-8H,3,5,11H2,1-2H3,(H2,12,13,14). The van der Waals surface area contributed by atoms with Crippen LogP contribution in [0.2, 0.25) is 0 Å². The Hall–Kier alpha value is -1.07. The molecule has 0 bridgehead atoms. The average Bonchev–Trinajstić information content (AvgIpc) is 2.77. The maximum Gasteiger partial charge on any atom is 0.206 e. The molecule has 84 valence electrons. The zero-order valence-corrected chi connectivity index (χ0v) is 9.97. The largest absolute Gasteiger partial charge is 0.349 e. The third-order valence-electron chi connectivity index (χ3n) is 2.03. The van der Waals surface area contributed by atoms with Gasteiger partial charge in [0.2, 0.25) is 5.96 Å². The van der Waals surface area contributed by atoms with Gasteiger partial charge in [0.05, 0.1) is 6.04 Å². The average molecular weight is 226 g/mol. The van der Waals surface area contributed by atoms with Crippen molar-refractivity contribution in [1.29, 1.82) is 0 Å². The topological polar surface area (TPSA) is 62.4 Å². The summed E-state index contributed by atoms with van der Waals surface area (Å²) in [6.45, 7) is 4.95. The van der Waals surface area contributed by atoms with Gasteiger partial charge in [0, 0.05) is 6.54 Å². The number of nitrogens with one attached hydrogen (secondary N) is 2. The van der Waals surface area contributed by atoms with E-state index in [4.69, 9.17) is 5.84 Å². The fourth-order valence-electron chi connectivity index (χ4n) is 1.17. The summed E-state index contributed by atoms with van der Waals surface area (Å²) in [6.07, 6.45) is 1.01. The lowest BCUT2D eigenvalue weighted by Crippen LogP contribution is -2.42. The second kappa shape index (κ2) is 6.42. The van der Waals surface area contributed by atoms with Crippen LogP contribution in [-0.2, 0) is 0 Å². The zero-order valence-electron chi connectivity index (χ0n) is 9.16. The summed E-state index contributed by atoms with van der Waals surface area (Å²) < 4.78 is 0. The van der Waals surface area contributed by atoms with Crippen LogP contribution in [0.25, 0.3) is 0 Å². The van der Waals surface area contributed by atoms with Crippen molar-refractivity contribution in [3.63, 3.8) is 0 Å². The Morgan fingerprint density at radius 2 is 2.47 bits per heavy atom. The molecular formula is C10H18N4S. The monoisotopic (exact) mass is 226 g/mol. The predicted octanol–water partition coefficient (Wildman–Crippen LogP) is 1.63. The number of thiophene rings is 1. The number of guanidine groups is 1. The van der Waals surface area contributed by atoms with Crippen LogP contribution in [0, 0.1) is 0 Å². The highest BCUT2D eigenvalue weighted by molar-refractivity contribution is 7.07. The summed E-state index contributed by atoms with van der Waals surface area (Å²) >= 11 is 1.69. The van der Waals surface area contributed by atoms with Gasteiger partial charge in [-0.3, -0.25) is 10.4 Å². The molecule has 1 heterocycles. The Morgan fingerprint density at radius 1 is 1.67 bits per heavy atom. The van der Waals surface area contributed by atoms with Gasteiger partial charge in [0.15, 0.2) is 0 Å². The minimum Gasteiger partial charge on any atom is -0.349 e. The summed E-state index contributed by atoms with van der Waals surface area (Å²) in [5, 5.41) is 7.40. The molecule has 15 heavy (non-hydrogen) atoms. The summed E-state index contributed by atoms with van der Waals surface area (Å²) in [4.78, 5) is 4.28. The van der Waals surface area contributed by atoms with Gasteiger partial charge >= 0.3 is 0 Å². The lowest BCUT2D eigenvalue weighted by molar-refractivity contribution is 0.689. The van der Waals surface area contributed by atoms with Gasteiger partial charge in [-0.25, -0.2) is 5.84 Å². The van der Waals surface area contributed by atoms with Crippen LogP contribution in [-0.4, -0.2) is 12.5 Å². The number of hydrogen-bond donors (Lipinski definition) is 3. The Kier molecular flexibility index (Phi) is 5.14. The van der Waals surface area contributed by atoms with E-state index in [0.717, 1.165) is 13.0 Å². The van der Waals surface area contributed by atoms with Crippen LogP contribution in [0.5, 0.6) is 0 Å². The molecule has 0 saturated carbocycles. The molecule has 0 radical (unpaired) electrons. The van der Waals surface area contributed by atoms with Crippen molar-refractivity contribution in [2.75, 3.05) is 6.54 Å². The minimum absolute atomic E-state index is 0.225. The van der Waals surface area contributed by atoms with E-state index < -0.39 is 0 Å². The maximum atomic E-state index is 5.37. The highest BCUT2D eigenvalue weighted by Gasteiger charge is 2.06. The smallest absolute Gasteiger partial charge is 0.206 e. The molecule has 1 unspecified atom stereocenters. The van der Waals surface area contributed by atoms with Crippen LogP contribution in [0.15, 0.2) is 21.8 Å². The van der Waals surface area contributed by atoms with Crippen molar-refractivity contribution < 1.29 is 0 Å². The molecule has 0 fully saturated rings. The van der Waals surface area contributed by atoms with Crippen molar-refractivity contribution in [2.45, 2.75) is 26.3 Å². The van der Waals surface area contributed by atoms with Crippen LogP contribution in [0.4, 0.5) is 0 Å². The number of nitrogens with zero attached hydrogens (tertiary/aromatic N) is 1. The summed E-state index contributed by atoms with van der Waals surface area (Å²) in [5.74, 6) is 6.02. The van der Waals surface area contributed by atoms with Crippen molar-refractivity contribution in [3.8, 4) is 0 Å². The van der Waals surface area contributed by atoms with E-state index in [1.54, 1.807) is 11.3 Å². The predicted molar refractivity (Wildman–Crippen MR) is 65.8 cm³/mol. The molecule has 1 rings (SSSR count). The van der Waals surface area contributed by atoms with Gasteiger partial charge in [0.25, 0.3) is 0 Å². The molecule has 1 aromatic heterocycles.